The molecule has 146 valence electrons. The molecule has 0 saturated carbocycles. The molecule has 0 aromatic heterocycles. The van der Waals surface area contributed by atoms with Crippen LogP contribution in [0.1, 0.15) is 49.5 Å². The highest BCUT2D eigenvalue weighted by Crippen LogP contribution is 2.37. The number of anilines is 1. The van der Waals surface area contributed by atoms with Crippen LogP contribution < -0.4 is 10.6 Å². The summed E-state index contributed by atoms with van der Waals surface area (Å²) in [5, 5.41) is 5.76. The summed E-state index contributed by atoms with van der Waals surface area (Å²) in [7, 11) is 0. The zero-order valence-corrected chi connectivity index (χ0v) is 16.3. The molecule has 3 rings (SSSR count). The van der Waals surface area contributed by atoms with E-state index in [1.165, 1.54) is 0 Å². The number of nitrogens with zero attached hydrogens (tertiary/aromatic N) is 2. The summed E-state index contributed by atoms with van der Waals surface area (Å²) >= 11 is 0. The summed E-state index contributed by atoms with van der Waals surface area (Å²) in [6.07, 6.45) is 1.65. The number of urea groups is 1. The zero-order chi connectivity index (χ0) is 19.6. The molecule has 0 spiro atoms. The Bertz CT molecular complexity index is 760. The van der Waals surface area contributed by atoms with Gasteiger partial charge in [-0.1, -0.05) is 6.92 Å². The molecule has 0 atom stereocenters. The second kappa shape index (κ2) is 7.58. The van der Waals surface area contributed by atoms with Gasteiger partial charge >= 0.3 is 6.03 Å². The van der Waals surface area contributed by atoms with Gasteiger partial charge in [-0.05, 0) is 50.5 Å². The molecule has 2 aliphatic rings. The third-order valence-corrected chi connectivity index (χ3v) is 5.35. The second-order valence-electron chi connectivity index (χ2n) is 7.70. The Labute approximate surface area is 160 Å². The first-order valence-corrected chi connectivity index (χ1v) is 9.62. The largest absolute Gasteiger partial charge is 0.338 e. The Morgan fingerprint density at radius 3 is 2.59 bits per heavy atom. The van der Waals surface area contributed by atoms with Crippen LogP contribution in [0.4, 0.5) is 10.5 Å². The maximum absolute atomic E-state index is 13.0. The van der Waals surface area contributed by atoms with Crippen LogP contribution in [0.5, 0.6) is 0 Å². The maximum atomic E-state index is 13.0. The van der Waals surface area contributed by atoms with Crippen molar-refractivity contribution in [2.75, 3.05) is 38.0 Å². The van der Waals surface area contributed by atoms with Crippen LogP contribution >= 0.6 is 0 Å². The fraction of sp³-hybridized carbons (Fsp3) is 0.550. The molecule has 1 fully saturated rings. The summed E-state index contributed by atoms with van der Waals surface area (Å²) in [5.74, 6) is -0.102. The number of hydrogen-bond donors (Lipinski definition) is 2. The quantitative estimate of drug-likeness (QED) is 0.853. The Hall–Kier alpha value is -2.57. The van der Waals surface area contributed by atoms with Crippen LogP contribution in [0.3, 0.4) is 0 Å². The SMILES string of the molecule is CCCNC(=O)N1CCCN(C(=O)c2ccc3c(c2)C(C)(C)C(=O)N3)CC1. The first kappa shape index (κ1) is 19.2. The van der Waals surface area contributed by atoms with E-state index in [-0.39, 0.29) is 17.8 Å². The summed E-state index contributed by atoms with van der Waals surface area (Å²) in [6.45, 7) is 8.71. The molecular formula is C20H28N4O3. The number of hydrogen-bond acceptors (Lipinski definition) is 3. The Morgan fingerprint density at radius 1 is 1.15 bits per heavy atom. The van der Waals surface area contributed by atoms with Crippen molar-refractivity contribution >= 4 is 23.5 Å². The molecule has 0 unspecified atom stereocenters. The van der Waals surface area contributed by atoms with Gasteiger partial charge < -0.3 is 20.4 Å². The molecule has 0 aliphatic carbocycles. The highest BCUT2D eigenvalue weighted by molar-refractivity contribution is 6.07. The Balaban J connectivity index is 1.70. The molecule has 7 heteroatoms. The average molecular weight is 372 g/mol. The minimum atomic E-state index is -0.640. The summed E-state index contributed by atoms with van der Waals surface area (Å²) < 4.78 is 0. The van der Waals surface area contributed by atoms with Crippen molar-refractivity contribution in [3.63, 3.8) is 0 Å². The molecule has 27 heavy (non-hydrogen) atoms. The molecule has 0 radical (unpaired) electrons. The highest BCUT2D eigenvalue weighted by atomic mass is 16.2. The molecule has 0 bridgehead atoms. The van der Waals surface area contributed by atoms with Crippen molar-refractivity contribution < 1.29 is 14.4 Å². The van der Waals surface area contributed by atoms with E-state index >= 15 is 0 Å². The maximum Gasteiger partial charge on any atom is 0.317 e. The lowest BCUT2D eigenvalue weighted by Crippen LogP contribution is -2.42. The van der Waals surface area contributed by atoms with Gasteiger partial charge in [0.25, 0.3) is 5.91 Å². The van der Waals surface area contributed by atoms with E-state index in [1.54, 1.807) is 21.9 Å². The molecule has 4 amide bonds. The molecule has 1 aromatic rings. The van der Waals surface area contributed by atoms with E-state index in [2.05, 4.69) is 10.6 Å². The number of carbonyl (C=O) groups is 3. The van der Waals surface area contributed by atoms with E-state index in [0.29, 0.717) is 38.3 Å². The van der Waals surface area contributed by atoms with Crippen LogP contribution in [0.2, 0.25) is 0 Å². The van der Waals surface area contributed by atoms with E-state index in [1.807, 2.05) is 26.8 Å². The van der Waals surface area contributed by atoms with E-state index in [0.717, 1.165) is 24.1 Å². The standard InChI is InChI=1S/C20H28N4O3/c1-4-8-21-19(27)24-10-5-9-23(11-12-24)17(25)14-6-7-16-15(13-14)20(2,3)18(26)22-16/h6-7,13H,4-5,8-12H2,1-3H3,(H,21,27)(H,22,26). The smallest absolute Gasteiger partial charge is 0.317 e. The van der Waals surface area contributed by atoms with Crippen LogP contribution in [0, 0.1) is 0 Å². The van der Waals surface area contributed by atoms with Crippen molar-refractivity contribution in [3.8, 4) is 0 Å². The molecule has 2 N–H and O–H groups in total. The van der Waals surface area contributed by atoms with Gasteiger partial charge in [0.2, 0.25) is 5.91 Å². The number of fused-ring (bicyclic) bond motifs is 1. The number of nitrogens with one attached hydrogen (secondary N) is 2. The van der Waals surface area contributed by atoms with Gasteiger partial charge in [-0.15, -0.1) is 0 Å². The predicted molar refractivity (Wildman–Crippen MR) is 104 cm³/mol. The first-order valence-electron chi connectivity index (χ1n) is 9.62. The molecule has 7 nitrogen and oxygen atoms in total. The fourth-order valence-corrected chi connectivity index (χ4v) is 3.55. The average Bonchev–Trinajstić information content (AvgIpc) is 2.83. The fourth-order valence-electron chi connectivity index (χ4n) is 3.55. The second-order valence-corrected chi connectivity index (χ2v) is 7.70. The van der Waals surface area contributed by atoms with Gasteiger partial charge in [-0.3, -0.25) is 9.59 Å². The van der Waals surface area contributed by atoms with Crippen molar-refractivity contribution in [2.45, 2.75) is 39.0 Å². The van der Waals surface area contributed by atoms with Crippen LogP contribution in [0.25, 0.3) is 0 Å². The lowest BCUT2D eigenvalue weighted by molar-refractivity contribution is -0.119. The van der Waals surface area contributed by atoms with Crippen LogP contribution in [-0.2, 0) is 10.2 Å². The van der Waals surface area contributed by atoms with E-state index in [4.69, 9.17) is 0 Å². The van der Waals surface area contributed by atoms with Crippen molar-refractivity contribution in [1.82, 2.24) is 15.1 Å². The summed E-state index contributed by atoms with van der Waals surface area (Å²) in [4.78, 5) is 40.8. The molecular weight excluding hydrogens is 344 g/mol. The Kier molecular flexibility index (Phi) is 5.39. The minimum absolute atomic E-state index is 0.0504. The molecule has 2 heterocycles. The Morgan fingerprint density at radius 2 is 1.85 bits per heavy atom. The summed E-state index contributed by atoms with van der Waals surface area (Å²) in [5.41, 5.74) is 1.57. The third kappa shape index (κ3) is 3.77. The van der Waals surface area contributed by atoms with Crippen LogP contribution in [0.15, 0.2) is 18.2 Å². The van der Waals surface area contributed by atoms with Gasteiger partial charge in [0, 0.05) is 44.0 Å². The van der Waals surface area contributed by atoms with Crippen molar-refractivity contribution in [1.29, 1.82) is 0 Å². The monoisotopic (exact) mass is 372 g/mol. The van der Waals surface area contributed by atoms with Crippen LogP contribution in [-0.4, -0.2) is 60.4 Å². The van der Waals surface area contributed by atoms with E-state index in [9.17, 15) is 14.4 Å². The number of benzene rings is 1. The van der Waals surface area contributed by atoms with Gasteiger partial charge in [0.1, 0.15) is 0 Å². The van der Waals surface area contributed by atoms with E-state index < -0.39 is 5.41 Å². The highest BCUT2D eigenvalue weighted by Gasteiger charge is 2.38. The van der Waals surface area contributed by atoms with Gasteiger partial charge in [0.05, 0.1) is 5.41 Å². The first-order chi connectivity index (χ1) is 12.8. The lowest BCUT2D eigenvalue weighted by atomic mass is 9.85. The topological polar surface area (TPSA) is 81.8 Å². The molecule has 1 saturated heterocycles. The normalized spacial score (nSPS) is 18.6. The molecule has 2 aliphatic heterocycles. The van der Waals surface area contributed by atoms with Gasteiger partial charge in [-0.25, -0.2) is 4.79 Å². The lowest BCUT2D eigenvalue weighted by Gasteiger charge is -2.23. The minimum Gasteiger partial charge on any atom is -0.338 e. The molecule has 1 aromatic carbocycles. The van der Waals surface area contributed by atoms with Crippen molar-refractivity contribution in [2.24, 2.45) is 0 Å². The van der Waals surface area contributed by atoms with Gasteiger partial charge in [-0.2, -0.15) is 0 Å². The number of amides is 4. The number of carbonyl (C=O) groups excluding carboxylic acids is 3. The third-order valence-electron chi connectivity index (χ3n) is 5.35. The zero-order valence-electron chi connectivity index (χ0n) is 16.3. The number of rotatable bonds is 3. The predicted octanol–water partition coefficient (Wildman–Crippen LogP) is 2.18. The van der Waals surface area contributed by atoms with Crippen molar-refractivity contribution in [3.05, 3.63) is 29.3 Å². The van der Waals surface area contributed by atoms with Gasteiger partial charge in [0.15, 0.2) is 0 Å². The summed E-state index contributed by atoms with van der Waals surface area (Å²) in [6, 6.07) is 5.33.